The van der Waals surface area contributed by atoms with Crippen molar-refractivity contribution in [3.63, 3.8) is 0 Å². The van der Waals surface area contributed by atoms with Crippen LogP contribution in [0.1, 0.15) is 90.7 Å². The highest BCUT2D eigenvalue weighted by atomic mass is 16.5. The van der Waals surface area contributed by atoms with Crippen molar-refractivity contribution in [2.45, 2.75) is 85.2 Å². The standard InChI is InChI=1S/C27H40O4/c1-5-7-9-15-22(13-6-2)19-27(18-12-14-20(3)24(27)25(28)29)26(30)31-21(4)23-16-10-8-11-17-23/h8,10-12,14,16-17,20-22,24H,5-7,9,13,15,18-19H2,1-4H3,(H,28,29). The third-order valence-corrected chi connectivity index (χ3v) is 6.83. The smallest absolute Gasteiger partial charge is 0.313 e. The number of aliphatic carboxylic acids is 1. The van der Waals surface area contributed by atoms with Gasteiger partial charge < -0.3 is 9.84 Å². The number of carbonyl (C=O) groups is 2. The van der Waals surface area contributed by atoms with Gasteiger partial charge in [-0.1, -0.05) is 102 Å². The van der Waals surface area contributed by atoms with Gasteiger partial charge in [-0.25, -0.2) is 0 Å². The summed E-state index contributed by atoms with van der Waals surface area (Å²) in [5, 5.41) is 10.2. The topological polar surface area (TPSA) is 63.6 Å². The number of carboxylic acids is 1. The second kappa shape index (κ2) is 12.1. The predicted octanol–water partition coefficient (Wildman–Crippen LogP) is 6.96. The van der Waals surface area contributed by atoms with Crippen LogP contribution in [-0.4, -0.2) is 17.0 Å². The number of hydrogen-bond acceptors (Lipinski definition) is 3. The van der Waals surface area contributed by atoms with Gasteiger partial charge in [0.25, 0.3) is 0 Å². The number of hydrogen-bond donors (Lipinski definition) is 1. The van der Waals surface area contributed by atoms with Crippen LogP contribution in [0.5, 0.6) is 0 Å². The van der Waals surface area contributed by atoms with Crippen LogP contribution in [-0.2, 0) is 14.3 Å². The molecule has 0 saturated heterocycles. The van der Waals surface area contributed by atoms with E-state index in [0.717, 1.165) is 37.7 Å². The van der Waals surface area contributed by atoms with Gasteiger partial charge in [0.1, 0.15) is 6.10 Å². The Morgan fingerprint density at radius 3 is 2.45 bits per heavy atom. The van der Waals surface area contributed by atoms with Crippen molar-refractivity contribution in [3.8, 4) is 0 Å². The zero-order chi connectivity index (χ0) is 22.9. The average molecular weight is 429 g/mol. The van der Waals surface area contributed by atoms with E-state index in [-0.39, 0.29) is 11.9 Å². The summed E-state index contributed by atoms with van der Waals surface area (Å²) in [6.45, 7) is 8.12. The third kappa shape index (κ3) is 6.44. The molecule has 0 heterocycles. The molecule has 0 radical (unpaired) electrons. The summed E-state index contributed by atoms with van der Waals surface area (Å²) in [4.78, 5) is 26.1. The molecule has 1 aliphatic rings. The molecule has 5 atom stereocenters. The number of carboxylic acid groups (broad SMARTS) is 1. The lowest BCUT2D eigenvalue weighted by Gasteiger charge is -2.43. The van der Waals surface area contributed by atoms with Crippen molar-refractivity contribution in [2.75, 3.05) is 0 Å². The van der Waals surface area contributed by atoms with E-state index < -0.39 is 23.4 Å². The zero-order valence-corrected chi connectivity index (χ0v) is 19.7. The minimum atomic E-state index is -1.02. The molecule has 1 aliphatic carbocycles. The van der Waals surface area contributed by atoms with Gasteiger partial charge in [0.2, 0.25) is 0 Å². The normalized spacial score (nSPS) is 25.0. The molecule has 2 rings (SSSR count). The lowest BCUT2D eigenvalue weighted by atomic mass is 9.60. The van der Waals surface area contributed by atoms with Crippen molar-refractivity contribution in [1.29, 1.82) is 0 Å². The molecule has 0 fully saturated rings. The molecule has 0 bridgehead atoms. The molecule has 0 aliphatic heterocycles. The van der Waals surface area contributed by atoms with Gasteiger partial charge in [-0.05, 0) is 37.2 Å². The Balaban J connectivity index is 2.35. The first-order valence-electron chi connectivity index (χ1n) is 12.0. The fourth-order valence-corrected chi connectivity index (χ4v) is 5.22. The second-order valence-electron chi connectivity index (χ2n) is 9.28. The molecule has 0 amide bonds. The first kappa shape index (κ1) is 25.2. The van der Waals surface area contributed by atoms with Gasteiger partial charge in [-0.3, -0.25) is 9.59 Å². The van der Waals surface area contributed by atoms with Gasteiger partial charge in [0, 0.05) is 0 Å². The van der Waals surface area contributed by atoms with Crippen LogP contribution in [0.4, 0.5) is 0 Å². The maximum atomic E-state index is 13.7. The van der Waals surface area contributed by atoms with Gasteiger partial charge in [0.05, 0.1) is 11.3 Å². The van der Waals surface area contributed by atoms with E-state index in [0.29, 0.717) is 18.8 Å². The van der Waals surface area contributed by atoms with Gasteiger partial charge in [0.15, 0.2) is 0 Å². The largest absolute Gasteiger partial charge is 0.481 e. The molecule has 1 N–H and O–H groups in total. The molecule has 31 heavy (non-hydrogen) atoms. The summed E-state index contributed by atoms with van der Waals surface area (Å²) in [7, 11) is 0. The molecule has 0 aromatic heterocycles. The van der Waals surface area contributed by atoms with Crippen molar-refractivity contribution in [2.24, 2.45) is 23.2 Å². The van der Waals surface area contributed by atoms with Crippen LogP contribution in [0.15, 0.2) is 42.5 Å². The number of allylic oxidation sites excluding steroid dienone is 2. The highest BCUT2D eigenvalue weighted by molar-refractivity contribution is 5.86. The Morgan fingerprint density at radius 2 is 1.84 bits per heavy atom. The number of ether oxygens (including phenoxy) is 1. The Morgan fingerprint density at radius 1 is 1.13 bits per heavy atom. The van der Waals surface area contributed by atoms with E-state index in [9.17, 15) is 14.7 Å². The summed E-state index contributed by atoms with van der Waals surface area (Å²) in [5.41, 5.74) is -0.0972. The molecule has 1 aromatic carbocycles. The predicted molar refractivity (Wildman–Crippen MR) is 125 cm³/mol. The molecule has 4 nitrogen and oxygen atoms in total. The van der Waals surface area contributed by atoms with Gasteiger partial charge >= 0.3 is 11.9 Å². The molecule has 5 unspecified atom stereocenters. The lowest BCUT2D eigenvalue weighted by Crippen LogP contribution is -2.49. The maximum absolute atomic E-state index is 13.7. The van der Waals surface area contributed by atoms with Crippen LogP contribution < -0.4 is 0 Å². The van der Waals surface area contributed by atoms with Crippen LogP contribution in [0, 0.1) is 23.2 Å². The summed E-state index contributed by atoms with van der Waals surface area (Å²) in [6, 6.07) is 9.65. The first-order valence-corrected chi connectivity index (χ1v) is 12.0. The number of benzene rings is 1. The summed E-state index contributed by atoms with van der Waals surface area (Å²) in [6.07, 6.45) is 11.1. The van der Waals surface area contributed by atoms with Crippen LogP contribution in [0.25, 0.3) is 0 Å². The highest BCUT2D eigenvalue weighted by Crippen LogP contribution is 2.49. The Labute approximate surface area is 188 Å². The number of rotatable bonds is 12. The molecular formula is C27H40O4. The maximum Gasteiger partial charge on any atom is 0.313 e. The average Bonchev–Trinajstić information content (AvgIpc) is 2.74. The summed E-state index contributed by atoms with van der Waals surface area (Å²) < 4.78 is 5.98. The summed E-state index contributed by atoms with van der Waals surface area (Å²) in [5.74, 6) is -1.90. The Bertz CT molecular complexity index is 726. The van der Waals surface area contributed by atoms with Crippen LogP contribution in [0.3, 0.4) is 0 Å². The molecule has 1 aromatic rings. The molecule has 172 valence electrons. The quantitative estimate of drug-likeness (QED) is 0.222. The minimum Gasteiger partial charge on any atom is -0.481 e. The zero-order valence-electron chi connectivity index (χ0n) is 19.7. The van der Waals surface area contributed by atoms with E-state index in [1.54, 1.807) is 0 Å². The number of unbranched alkanes of at least 4 members (excludes halogenated alkanes) is 2. The molecule has 0 spiro atoms. The fraction of sp³-hybridized carbons (Fsp3) is 0.630. The number of carbonyl (C=O) groups excluding carboxylic acids is 1. The van der Waals surface area contributed by atoms with Gasteiger partial charge in [-0.15, -0.1) is 0 Å². The van der Waals surface area contributed by atoms with E-state index in [1.807, 2.05) is 56.3 Å². The molecule has 4 heteroatoms. The van der Waals surface area contributed by atoms with Gasteiger partial charge in [-0.2, -0.15) is 0 Å². The van der Waals surface area contributed by atoms with E-state index in [2.05, 4.69) is 13.8 Å². The van der Waals surface area contributed by atoms with E-state index in [1.165, 1.54) is 6.42 Å². The minimum absolute atomic E-state index is 0.205. The van der Waals surface area contributed by atoms with E-state index in [4.69, 9.17) is 4.74 Å². The monoisotopic (exact) mass is 428 g/mol. The molecule has 0 saturated carbocycles. The summed E-state index contributed by atoms with van der Waals surface area (Å²) >= 11 is 0. The Kier molecular flexibility index (Phi) is 9.80. The van der Waals surface area contributed by atoms with Crippen molar-refractivity contribution < 1.29 is 19.4 Å². The van der Waals surface area contributed by atoms with Crippen LogP contribution >= 0.6 is 0 Å². The molecular weight excluding hydrogens is 388 g/mol. The van der Waals surface area contributed by atoms with E-state index >= 15 is 0 Å². The number of esters is 1. The second-order valence-corrected chi connectivity index (χ2v) is 9.28. The Hall–Kier alpha value is -2.10. The van der Waals surface area contributed by atoms with Crippen molar-refractivity contribution in [1.82, 2.24) is 0 Å². The fourth-order valence-electron chi connectivity index (χ4n) is 5.22. The highest BCUT2D eigenvalue weighted by Gasteiger charge is 2.54. The van der Waals surface area contributed by atoms with Crippen molar-refractivity contribution >= 4 is 11.9 Å². The van der Waals surface area contributed by atoms with Crippen molar-refractivity contribution in [3.05, 3.63) is 48.0 Å². The SMILES string of the molecule is CCCCCC(CCC)CC1(C(=O)OC(C)c2ccccc2)CC=CC(C)C1C(=O)O. The first-order chi connectivity index (χ1) is 14.9. The van der Waals surface area contributed by atoms with Crippen LogP contribution in [0.2, 0.25) is 0 Å². The lowest BCUT2D eigenvalue weighted by molar-refractivity contribution is -0.175. The third-order valence-electron chi connectivity index (χ3n) is 6.83.